The molecule has 1 atom stereocenters. The lowest BCUT2D eigenvalue weighted by Crippen LogP contribution is -2.33. The summed E-state index contributed by atoms with van der Waals surface area (Å²) in [7, 11) is 1.84. The normalized spacial score (nSPS) is 15.0. The third-order valence-electron chi connectivity index (χ3n) is 4.39. The average Bonchev–Trinajstić information content (AvgIpc) is 3.25. The van der Waals surface area contributed by atoms with Crippen LogP contribution in [0.2, 0.25) is 0 Å². The van der Waals surface area contributed by atoms with Crippen molar-refractivity contribution in [1.82, 2.24) is 15.1 Å². The van der Waals surface area contributed by atoms with Gasteiger partial charge in [0.25, 0.3) is 5.91 Å². The number of rotatable bonds is 5. The number of esters is 1. The number of aromatic nitrogens is 2. The van der Waals surface area contributed by atoms with Gasteiger partial charge in [0.05, 0.1) is 5.69 Å². The fourth-order valence-electron chi connectivity index (χ4n) is 2.88. The molecular formula is C19H19N3O3S. The van der Waals surface area contributed by atoms with Crippen LogP contribution in [-0.2, 0) is 16.6 Å². The molecule has 2 aromatic heterocycles. The topological polar surface area (TPSA) is 73.2 Å². The maximum absolute atomic E-state index is 12.7. The third kappa shape index (κ3) is 3.22. The summed E-state index contributed by atoms with van der Waals surface area (Å²) in [5, 5.41) is 8.19. The van der Waals surface area contributed by atoms with E-state index in [1.807, 2.05) is 32.2 Å². The maximum Gasteiger partial charge on any atom is 0.349 e. The monoisotopic (exact) mass is 369 g/mol. The van der Waals surface area contributed by atoms with Crippen molar-refractivity contribution in [3.05, 3.63) is 52.5 Å². The van der Waals surface area contributed by atoms with Gasteiger partial charge in [0.2, 0.25) is 6.10 Å². The quantitative estimate of drug-likeness (QED) is 0.702. The predicted molar refractivity (Wildman–Crippen MR) is 99.1 cm³/mol. The number of fused-ring (bicyclic) bond motifs is 1. The smallest absolute Gasteiger partial charge is 0.349 e. The minimum atomic E-state index is -0.950. The van der Waals surface area contributed by atoms with Crippen molar-refractivity contribution >= 4 is 33.4 Å². The fourth-order valence-corrected chi connectivity index (χ4v) is 3.88. The first-order valence-electron chi connectivity index (χ1n) is 8.52. The summed E-state index contributed by atoms with van der Waals surface area (Å²) < 4.78 is 7.37. The van der Waals surface area contributed by atoms with Gasteiger partial charge in [-0.15, -0.1) is 11.3 Å². The molecule has 0 bridgehead atoms. The first-order chi connectivity index (χ1) is 12.5. The highest BCUT2D eigenvalue weighted by Gasteiger charge is 2.31. The van der Waals surface area contributed by atoms with E-state index in [0.29, 0.717) is 10.4 Å². The van der Waals surface area contributed by atoms with Crippen LogP contribution < -0.4 is 5.32 Å². The molecule has 0 unspecified atom stereocenters. The van der Waals surface area contributed by atoms with Gasteiger partial charge in [-0.2, -0.15) is 5.10 Å². The predicted octanol–water partition coefficient (Wildman–Crippen LogP) is 3.12. The highest BCUT2D eigenvalue weighted by atomic mass is 32.1. The van der Waals surface area contributed by atoms with Crippen LogP contribution >= 0.6 is 11.3 Å². The van der Waals surface area contributed by atoms with E-state index in [2.05, 4.69) is 10.4 Å². The van der Waals surface area contributed by atoms with Crippen LogP contribution in [0, 0.1) is 6.92 Å². The molecule has 7 heteroatoms. The third-order valence-corrected chi connectivity index (χ3v) is 5.57. The second-order valence-corrected chi connectivity index (χ2v) is 7.55. The Bertz CT molecular complexity index is 938. The zero-order chi connectivity index (χ0) is 18.3. The SMILES string of the molecule is Cc1nn(C)c2sc(C(=O)O[C@H](C(=O)NC3CC3)c3ccccc3)cc12. The van der Waals surface area contributed by atoms with E-state index >= 15 is 0 Å². The van der Waals surface area contributed by atoms with Crippen molar-refractivity contribution in [2.24, 2.45) is 7.05 Å². The van der Waals surface area contributed by atoms with Crippen molar-refractivity contribution in [3.63, 3.8) is 0 Å². The van der Waals surface area contributed by atoms with E-state index in [4.69, 9.17) is 4.74 Å². The van der Waals surface area contributed by atoms with Gasteiger partial charge in [-0.3, -0.25) is 9.48 Å². The van der Waals surface area contributed by atoms with Gasteiger partial charge in [-0.25, -0.2) is 4.79 Å². The Balaban J connectivity index is 1.60. The second-order valence-electron chi connectivity index (χ2n) is 6.52. The highest BCUT2D eigenvalue weighted by molar-refractivity contribution is 7.20. The minimum absolute atomic E-state index is 0.200. The van der Waals surface area contributed by atoms with Gasteiger partial charge < -0.3 is 10.1 Å². The molecule has 0 aliphatic heterocycles. The number of carbonyl (C=O) groups is 2. The number of ether oxygens (including phenoxy) is 1. The van der Waals surface area contributed by atoms with E-state index in [0.717, 1.165) is 28.8 Å². The molecule has 4 rings (SSSR count). The van der Waals surface area contributed by atoms with Gasteiger partial charge in [-0.1, -0.05) is 30.3 Å². The molecule has 0 saturated heterocycles. The standard InChI is InChI=1S/C19H19N3O3S/c1-11-14-10-15(26-18(14)22(2)21-11)19(24)25-16(12-6-4-3-5-7-12)17(23)20-13-8-9-13/h3-7,10,13,16H,8-9H2,1-2H3,(H,20,23)/t16-/m0/s1. The molecule has 26 heavy (non-hydrogen) atoms. The summed E-state index contributed by atoms with van der Waals surface area (Å²) in [4.78, 5) is 26.7. The van der Waals surface area contributed by atoms with Crippen molar-refractivity contribution in [1.29, 1.82) is 0 Å². The Morgan fingerprint density at radius 3 is 2.69 bits per heavy atom. The van der Waals surface area contributed by atoms with E-state index in [1.54, 1.807) is 22.9 Å². The summed E-state index contributed by atoms with van der Waals surface area (Å²) in [6, 6.07) is 11.1. The second kappa shape index (κ2) is 6.57. The van der Waals surface area contributed by atoms with E-state index in [-0.39, 0.29) is 11.9 Å². The molecule has 1 N–H and O–H groups in total. The molecule has 134 valence electrons. The zero-order valence-corrected chi connectivity index (χ0v) is 15.4. The Kier molecular flexibility index (Phi) is 4.24. The summed E-state index contributed by atoms with van der Waals surface area (Å²) in [5.74, 6) is -0.767. The lowest BCUT2D eigenvalue weighted by atomic mass is 10.1. The molecule has 0 radical (unpaired) electrons. The molecule has 3 aromatic rings. The zero-order valence-electron chi connectivity index (χ0n) is 14.6. The lowest BCUT2D eigenvalue weighted by molar-refractivity contribution is -0.130. The first-order valence-corrected chi connectivity index (χ1v) is 9.34. The number of hydrogen-bond donors (Lipinski definition) is 1. The van der Waals surface area contributed by atoms with Crippen LogP contribution in [0.15, 0.2) is 36.4 Å². The van der Waals surface area contributed by atoms with Crippen LogP contribution in [0.4, 0.5) is 0 Å². The van der Waals surface area contributed by atoms with Crippen molar-refractivity contribution in [2.75, 3.05) is 0 Å². The molecule has 1 amide bonds. The van der Waals surface area contributed by atoms with Gasteiger partial charge in [0.15, 0.2) is 0 Å². The number of nitrogens with one attached hydrogen (secondary N) is 1. The maximum atomic E-state index is 12.7. The van der Waals surface area contributed by atoms with Crippen molar-refractivity contribution in [2.45, 2.75) is 31.9 Å². The van der Waals surface area contributed by atoms with E-state index in [9.17, 15) is 9.59 Å². The fraction of sp³-hybridized carbons (Fsp3) is 0.316. The van der Waals surface area contributed by atoms with Crippen LogP contribution in [0.25, 0.3) is 10.2 Å². The number of nitrogens with zero attached hydrogens (tertiary/aromatic N) is 2. The molecule has 0 spiro atoms. The molecule has 1 aliphatic rings. The number of carbonyl (C=O) groups excluding carboxylic acids is 2. The van der Waals surface area contributed by atoms with E-state index < -0.39 is 12.1 Å². The van der Waals surface area contributed by atoms with Gasteiger partial charge >= 0.3 is 5.97 Å². The Morgan fingerprint density at radius 1 is 1.31 bits per heavy atom. The van der Waals surface area contributed by atoms with E-state index in [1.165, 1.54) is 11.3 Å². The Morgan fingerprint density at radius 2 is 2.04 bits per heavy atom. The van der Waals surface area contributed by atoms with Crippen molar-refractivity contribution in [3.8, 4) is 0 Å². The van der Waals surface area contributed by atoms with Crippen LogP contribution in [0.3, 0.4) is 0 Å². The van der Waals surface area contributed by atoms with Crippen LogP contribution in [0.1, 0.15) is 39.9 Å². The Labute approximate surface area is 154 Å². The summed E-state index contributed by atoms with van der Waals surface area (Å²) in [5.41, 5.74) is 1.53. The molecular weight excluding hydrogens is 350 g/mol. The molecule has 2 heterocycles. The largest absolute Gasteiger partial charge is 0.443 e. The number of thiophene rings is 1. The molecule has 1 fully saturated rings. The number of aryl methyl sites for hydroxylation is 2. The van der Waals surface area contributed by atoms with Crippen molar-refractivity contribution < 1.29 is 14.3 Å². The minimum Gasteiger partial charge on any atom is -0.443 e. The summed E-state index contributed by atoms with van der Waals surface area (Å²) in [6.07, 6.45) is 1.00. The Hall–Kier alpha value is -2.67. The summed E-state index contributed by atoms with van der Waals surface area (Å²) >= 11 is 1.32. The lowest BCUT2D eigenvalue weighted by Gasteiger charge is -2.17. The summed E-state index contributed by atoms with van der Waals surface area (Å²) in [6.45, 7) is 1.90. The highest BCUT2D eigenvalue weighted by Crippen LogP contribution is 2.30. The molecule has 6 nitrogen and oxygen atoms in total. The first kappa shape index (κ1) is 16.8. The van der Waals surface area contributed by atoms with Crippen LogP contribution in [-0.4, -0.2) is 27.7 Å². The molecule has 1 aliphatic carbocycles. The van der Waals surface area contributed by atoms with Gasteiger partial charge in [0, 0.05) is 24.0 Å². The van der Waals surface area contributed by atoms with Gasteiger partial charge in [0.1, 0.15) is 9.71 Å². The number of hydrogen-bond acceptors (Lipinski definition) is 5. The molecule has 1 aromatic carbocycles. The molecule has 1 saturated carbocycles. The van der Waals surface area contributed by atoms with Gasteiger partial charge in [-0.05, 0) is 25.8 Å². The number of benzene rings is 1. The average molecular weight is 369 g/mol. The number of amides is 1. The van der Waals surface area contributed by atoms with Crippen LogP contribution in [0.5, 0.6) is 0 Å².